The molecule has 0 saturated heterocycles. The van der Waals surface area contributed by atoms with E-state index in [0.717, 1.165) is 24.4 Å². The molecular formula is C25H17ClF5NO3. The summed E-state index contributed by atoms with van der Waals surface area (Å²) in [5.41, 5.74) is -0.160. The molecule has 3 aromatic rings. The van der Waals surface area contributed by atoms with Crippen molar-refractivity contribution >= 4 is 28.7 Å². The van der Waals surface area contributed by atoms with E-state index in [1.807, 2.05) is 0 Å². The highest BCUT2D eigenvalue weighted by molar-refractivity contribution is 6.30. The molecule has 0 amide bonds. The maximum absolute atomic E-state index is 14.0. The van der Waals surface area contributed by atoms with Gasteiger partial charge in [0, 0.05) is 28.4 Å². The molecule has 35 heavy (non-hydrogen) atoms. The van der Waals surface area contributed by atoms with Gasteiger partial charge in [-0.2, -0.15) is 13.2 Å². The van der Waals surface area contributed by atoms with Gasteiger partial charge < -0.3 is 9.84 Å². The summed E-state index contributed by atoms with van der Waals surface area (Å²) >= 11 is 6.19. The summed E-state index contributed by atoms with van der Waals surface area (Å²) in [4.78, 5) is 14.9. The molecule has 10 heteroatoms. The Labute approximate surface area is 201 Å². The molecule has 1 aromatic heterocycles. The Morgan fingerprint density at radius 2 is 1.80 bits per heavy atom. The molecule has 0 radical (unpaired) electrons. The van der Waals surface area contributed by atoms with E-state index in [1.54, 1.807) is 18.2 Å². The average Bonchev–Trinajstić information content (AvgIpc) is 3.28. The Kier molecular flexibility index (Phi) is 6.80. The van der Waals surface area contributed by atoms with Crippen molar-refractivity contribution in [3.8, 4) is 5.75 Å². The van der Waals surface area contributed by atoms with Crippen LogP contribution in [0.2, 0.25) is 5.02 Å². The molecule has 0 atom stereocenters. The Morgan fingerprint density at radius 1 is 1.06 bits per heavy atom. The van der Waals surface area contributed by atoms with Crippen molar-refractivity contribution in [2.24, 2.45) is 0 Å². The van der Waals surface area contributed by atoms with Crippen LogP contribution in [0.25, 0.3) is 11.1 Å². The molecule has 0 unspecified atom stereocenters. The highest BCUT2D eigenvalue weighted by Crippen LogP contribution is 2.44. The summed E-state index contributed by atoms with van der Waals surface area (Å²) in [7, 11) is 0. The number of hydrogen-bond donors (Lipinski definition) is 1. The Balaban J connectivity index is 1.75. The standard InChI is InChI=1S/C25H17ClF5NO3/c26-15-5-7-22(35-12-13-4-6-16(27)10-21(13)28)19(9-15)18-3-1-2-17(18)14-8-20(24(33)34)23(32-11-14)25(29,30)31/h4-11H,1-3,12H2,(H,33,34). The fourth-order valence-corrected chi connectivity index (χ4v) is 4.21. The monoisotopic (exact) mass is 509 g/mol. The number of ether oxygens (including phenoxy) is 1. The van der Waals surface area contributed by atoms with E-state index in [4.69, 9.17) is 16.3 Å². The third-order valence-corrected chi connectivity index (χ3v) is 5.85. The fraction of sp³-hybridized carbons (Fsp3) is 0.200. The van der Waals surface area contributed by atoms with Crippen molar-refractivity contribution in [1.29, 1.82) is 0 Å². The van der Waals surface area contributed by atoms with Crippen LogP contribution in [0.5, 0.6) is 5.75 Å². The van der Waals surface area contributed by atoms with E-state index >= 15 is 0 Å². The van der Waals surface area contributed by atoms with Gasteiger partial charge in [-0.1, -0.05) is 11.6 Å². The molecule has 1 aliphatic carbocycles. The van der Waals surface area contributed by atoms with E-state index < -0.39 is 35.0 Å². The number of pyridine rings is 1. The van der Waals surface area contributed by atoms with E-state index in [2.05, 4.69) is 4.98 Å². The Morgan fingerprint density at radius 3 is 2.49 bits per heavy atom. The molecule has 0 saturated carbocycles. The van der Waals surface area contributed by atoms with Gasteiger partial charge in [0.2, 0.25) is 0 Å². The predicted octanol–water partition coefficient (Wildman–Crippen LogP) is 7.40. The van der Waals surface area contributed by atoms with E-state index in [-0.39, 0.29) is 17.7 Å². The molecule has 4 nitrogen and oxygen atoms in total. The Hall–Kier alpha value is -3.46. The minimum absolute atomic E-state index is 0.131. The van der Waals surface area contributed by atoms with Gasteiger partial charge in [0.1, 0.15) is 24.0 Å². The van der Waals surface area contributed by atoms with Crippen LogP contribution < -0.4 is 4.74 Å². The lowest BCUT2D eigenvalue weighted by molar-refractivity contribution is -0.141. The van der Waals surface area contributed by atoms with E-state index in [0.29, 0.717) is 46.7 Å². The fourth-order valence-electron chi connectivity index (χ4n) is 4.04. The van der Waals surface area contributed by atoms with Crippen LogP contribution in [0.15, 0.2) is 48.7 Å². The van der Waals surface area contributed by atoms with Crippen LogP contribution in [-0.4, -0.2) is 16.1 Å². The largest absolute Gasteiger partial charge is 0.488 e. The number of carbonyl (C=O) groups is 1. The van der Waals surface area contributed by atoms with Crippen LogP contribution in [0.4, 0.5) is 22.0 Å². The Bertz CT molecular complexity index is 1340. The molecule has 1 aliphatic rings. The second-order valence-electron chi connectivity index (χ2n) is 7.90. The number of allylic oxidation sites excluding steroid dienone is 2. The molecule has 1 N–H and O–H groups in total. The predicted molar refractivity (Wildman–Crippen MR) is 119 cm³/mol. The molecule has 0 fully saturated rings. The molecule has 0 aliphatic heterocycles. The first-order valence-electron chi connectivity index (χ1n) is 10.4. The number of halogens is 6. The summed E-state index contributed by atoms with van der Waals surface area (Å²) in [5, 5.41) is 9.70. The molecule has 4 rings (SSSR count). The zero-order valence-electron chi connectivity index (χ0n) is 17.9. The highest BCUT2D eigenvalue weighted by atomic mass is 35.5. The zero-order valence-corrected chi connectivity index (χ0v) is 18.7. The average molecular weight is 510 g/mol. The molecule has 2 aromatic carbocycles. The highest BCUT2D eigenvalue weighted by Gasteiger charge is 2.38. The normalized spacial score (nSPS) is 13.9. The van der Waals surface area contributed by atoms with Gasteiger partial charge in [-0.3, -0.25) is 4.98 Å². The van der Waals surface area contributed by atoms with Crippen LogP contribution in [0.1, 0.15) is 52.0 Å². The second kappa shape index (κ2) is 9.65. The number of nitrogens with zero attached hydrogens (tertiary/aromatic N) is 1. The van der Waals surface area contributed by atoms with Crippen molar-refractivity contribution in [2.45, 2.75) is 32.0 Å². The molecule has 182 valence electrons. The second-order valence-corrected chi connectivity index (χ2v) is 8.34. The van der Waals surface area contributed by atoms with E-state index in [9.17, 15) is 31.9 Å². The minimum atomic E-state index is -4.91. The van der Waals surface area contributed by atoms with Crippen LogP contribution in [0.3, 0.4) is 0 Å². The lowest BCUT2D eigenvalue weighted by Crippen LogP contribution is -2.15. The quantitative estimate of drug-likeness (QED) is 0.352. The number of carboxylic acid groups (broad SMARTS) is 1. The first-order chi connectivity index (χ1) is 16.5. The lowest BCUT2D eigenvalue weighted by Gasteiger charge is -2.16. The maximum Gasteiger partial charge on any atom is 0.434 e. The van der Waals surface area contributed by atoms with Crippen LogP contribution in [-0.2, 0) is 12.8 Å². The topological polar surface area (TPSA) is 59.4 Å². The molecular weight excluding hydrogens is 493 g/mol. The number of aromatic nitrogens is 1. The SMILES string of the molecule is O=C(O)c1cc(C2=C(c3cc(Cl)ccc3OCc3ccc(F)cc3F)CCC2)cnc1C(F)(F)F. The van der Waals surface area contributed by atoms with Crippen molar-refractivity contribution in [1.82, 2.24) is 4.98 Å². The number of aromatic carboxylic acids is 1. The first-order valence-corrected chi connectivity index (χ1v) is 10.8. The third kappa shape index (κ3) is 5.30. The van der Waals surface area contributed by atoms with Gasteiger partial charge >= 0.3 is 12.1 Å². The number of hydrogen-bond acceptors (Lipinski definition) is 3. The van der Waals surface area contributed by atoms with Crippen molar-refractivity contribution in [3.05, 3.63) is 93.3 Å². The van der Waals surface area contributed by atoms with E-state index in [1.165, 1.54) is 6.07 Å². The lowest BCUT2D eigenvalue weighted by atomic mass is 9.96. The molecule has 0 bridgehead atoms. The first kappa shape index (κ1) is 24.7. The summed E-state index contributed by atoms with van der Waals surface area (Å²) < 4.78 is 72.7. The number of rotatable bonds is 6. The zero-order chi connectivity index (χ0) is 25.3. The summed E-state index contributed by atoms with van der Waals surface area (Å²) in [6, 6.07) is 8.86. The summed E-state index contributed by atoms with van der Waals surface area (Å²) in [6.07, 6.45) is -2.25. The van der Waals surface area contributed by atoms with Crippen molar-refractivity contribution in [2.75, 3.05) is 0 Å². The van der Waals surface area contributed by atoms with Gasteiger partial charge in [-0.05, 0) is 72.4 Å². The molecule has 1 heterocycles. The maximum atomic E-state index is 14.0. The molecule has 0 spiro atoms. The number of alkyl halides is 3. The van der Waals surface area contributed by atoms with Gasteiger partial charge in [0.05, 0.1) is 5.56 Å². The smallest absolute Gasteiger partial charge is 0.434 e. The van der Waals surface area contributed by atoms with Crippen molar-refractivity contribution in [3.63, 3.8) is 0 Å². The van der Waals surface area contributed by atoms with Crippen LogP contribution >= 0.6 is 11.6 Å². The number of benzene rings is 2. The van der Waals surface area contributed by atoms with Gasteiger partial charge in [-0.15, -0.1) is 0 Å². The number of carboxylic acids is 1. The van der Waals surface area contributed by atoms with Crippen molar-refractivity contribution < 1.29 is 36.6 Å². The van der Waals surface area contributed by atoms with Gasteiger partial charge in [-0.25, -0.2) is 13.6 Å². The minimum Gasteiger partial charge on any atom is -0.488 e. The summed E-state index contributed by atoms with van der Waals surface area (Å²) in [6.45, 7) is -0.200. The van der Waals surface area contributed by atoms with Gasteiger partial charge in [0.15, 0.2) is 5.69 Å². The van der Waals surface area contributed by atoms with Crippen LogP contribution in [0, 0.1) is 11.6 Å². The summed E-state index contributed by atoms with van der Waals surface area (Å²) in [5.74, 6) is -2.88. The third-order valence-electron chi connectivity index (χ3n) is 5.62. The van der Waals surface area contributed by atoms with Gasteiger partial charge in [0.25, 0.3) is 0 Å².